The van der Waals surface area contributed by atoms with E-state index < -0.39 is 0 Å². The van der Waals surface area contributed by atoms with Crippen molar-refractivity contribution >= 4 is 21.8 Å². The summed E-state index contributed by atoms with van der Waals surface area (Å²) in [5, 5.41) is 12.1. The van der Waals surface area contributed by atoms with Crippen LogP contribution in [0.15, 0.2) is 41.3 Å². The van der Waals surface area contributed by atoms with Crippen molar-refractivity contribution in [3.05, 3.63) is 52.5 Å². The van der Waals surface area contributed by atoms with Crippen LogP contribution in [0.2, 0.25) is 0 Å². The van der Waals surface area contributed by atoms with Gasteiger partial charge in [0.1, 0.15) is 23.6 Å². The molecule has 1 aliphatic carbocycles. The number of nitrogens with zero attached hydrogens (tertiary/aromatic N) is 3. The Bertz CT molecular complexity index is 890. The van der Waals surface area contributed by atoms with Crippen LogP contribution in [0.1, 0.15) is 43.7 Å². The summed E-state index contributed by atoms with van der Waals surface area (Å²) >= 11 is 3.39. The second-order valence-electron chi connectivity index (χ2n) is 7.89. The Morgan fingerprint density at radius 3 is 2.52 bits per heavy atom. The maximum absolute atomic E-state index is 12.5. The zero-order valence-corrected chi connectivity index (χ0v) is 17.2. The molecule has 1 saturated carbocycles. The monoisotopic (exact) mass is 428 g/mol. The Hall–Kier alpha value is -2.46. The topological polar surface area (TPSA) is 87.9 Å². The lowest BCUT2D eigenvalue weighted by Gasteiger charge is -2.63. The highest BCUT2D eigenvalue weighted by Gasteiger charge is 2.64. The number of nitriles is 1. The first-order valence-electron chi connectivity index (χ1n) is 8.61. The van der Waals surface area contributed by atoms with Crippen molar-refractivity contribution in [1.29, 1.82) is 5.26 Å². The number of benzene rings is 1. The average molecular weight is 429 g/mol. The molecule has 1 aliphatic rings. The number of carbonyl (C=O) groups is 1. The molecule has 2 aromatic rings. The van der Waals surface area contributed by atoms with Gasteiger partial charge < -0.3 is 10.1 Å². The summed E-state index contributed by atoms with van der Waals surface area (Å²) in [6, 6.07) is 7.35. The summed E-state index contributed by atoms with van der Waals surface area (Å²) in [6.07, 6.45) is 4.38. The highest BCUT2D eigenvalue weighted by molar-refractivity contribution is 9.10. The third kappa shape index (κ3) is 3.42. The molecule has 27 heavy (non-hydrogen) atoms. The normalized spacial score (nSPS) is 22.2. The molecule has 0 spiro atoms. The van der Waals surface area contributed by atoms with Gasteiger partial charge in [0.05, 0.1) is 11.8 Å². The molecule has 6 nitrogen and oxygen atoms in total. The first kappa shape index (κ1) is 19.3. The van der Waals surface area contributed by atoms with E-state index >= 15 is 0 Å². The van der Waals surface area contributed by atoms with Crippen molar-refractivity contribution in [2.24, 2.45) is 10.8 Å². The number of halogens is 1. The van der Waals surface area contributed by atoms with Gasteiger partial charge in [-0.2, -0.15) is 5.26 Å². The van der Waals surface area contributed by atoms with E-state index in [9.17, 15) is 4.79 Å². The number of ether oxygens (including phenoxy) is 1. The second-order valence-corrected chi connectivity index (χ2v) is 8.75. The van der Waals surface area contributed by atoms with Gasteiger partial charge in [-0.25, -0.2) is 4.98 Å². The van der Waals surface area contributed by atoms with Crippen LogP contribution >= 0.6 is 15.9 Å². The average Bonchev–Trinajstić information content (AvgIpc) is 2.64. The summed E-state index contributed by atoms with van der Waals surface area (Å²) in [5.41, 5.74) is 0.275. The highest BCUT2D eigenvalue weighted by Crippen LogP contribution is 2.55. The molecule has 1 aromatic heterocycles. The van der Waals surface area contributed by atoms with E-state index in [1.165, 1.54) is 18.6 Å². The number of nitrogens with one attached hydrogen (secondary N) is 1. The summed E-state index contributed by atoms with van der Waals surface area (Å²) in [7, 11) is 0. The number of carbonyl (C=O) groups excluding carboxylic acids is 1. The summed E-state index contributed by atoms with van der Waals surface area (Å²) in [5.74, 6) is 0.444. The fraction of sp³-hybridized carbons (Fsp3) is 0.400. The van der Waals surface area contributed by atoms with Gasteiger partial charge in [0.15, 0.2) is 0 Å². The maximum Gasteiger partial charge on any atom is 0.271 e. The van der Waals surface area contributed by atoms with Crippen LogP contribution in [0.3, 0.4) is 0 Å². The minimum Gasteiger partial charge on any atom is -0.489 e. The zero-order chi connectivity index (χ0) is 19.8. The zero-order valence-electron chi connectivity index (χ0n) is 15.7. The molecule has 140 valence electrons. The van der Waals surface area contributed by atoms with Gasteiger partial charge >= 0.3 is 0 Å². The number of hydrogen-bond acceptors (Lipinski definition) is 5. The molecule has 3 rings (SSSR count). The van der Waals surface area contributed by atoms with Crippen LogP contribution in [-0.4, -0.2) is 28.0 Å². The van der Waals surface area contributed by atoms with Gasteiger partial charge in [0.2, 0.25) is 0 Å². The third-order valence-corrected chi connectivity index (χ3v) is 5.88. The number of hydrogen-bond donors (Lipinski definition) is 1. The predicted molar refractivity (Wildman–Crippen MR) is 104 cm³/mol. The fourth-order valence-electron chi connectivity index (χ4n) is 4.22. The van der Waals surface area contributed by atoms with E-state index in [2.05, 4.69) is 65.0 Å². The van der Waals surface area contributed by atoms with E-state index in [-0.39, 0.29) is 28.9 Å². The molecule has 1 fully saturated rings. The smallest absolute Gasteiger partial charge is 0.271 e. The summed E-state index contributed by atoms with van der Waals surface area (Å²) in [6.45, 7) is 8.29. The van der Waals surface area contributed by atoms with E-state index in [0.29, 0.717) is 21.5 Å². The quantitative estimate of drug-likeness (QED) is 0.801. The van der Waals surface area contributed by atoms with Crippen molar-refractivity contribution in [2.75, 3.05) is 0 Å². The lowest BCUT2D eigenvalue weighted by Crippen LogP contribution is -2.74. The molecule has 0 atom stereocenters. The Balaban J connectivity index is 1.77. The first-order valence-corrected chi connectivity index (χ1v) is 9.40. The Labute approximate surface area is 167 Å². The lowest BCUT2D eigenvalue weighted by molar-refractivity contribution is -0.164. The molecule has 0 unspecified atom stereocenters. The summed E-state index contributed by atoms with van der Waals surface area (Å²) in [4.78, 5) is 20.5. The minimum absolute atomic E-state index is 0.0914. The molecule has 0 radical (unpaired) electrons. The predicted octanol–water partition coefficient (Wildman–Crippen LogP) is 3.72. The standard InChI is InChI=1S/C20H21BrN4O2/c1-19(2)17(25-16(26)15-11-23-7-8-24-15)20(3,4)18(19)27-13-6-5-12(10-22)14(21)9-13/h5-9,11,17-18H,1-4H3,(H,25,26)/t17-,18-. The minimum atomic E-state index is -0.290. The van der Waals surface area contributed by atoms with Crippen molar-refractivity contribution in [3.8, 4) is 11.8 Å². The molecule has 1 heterocycles. The van der Waals surface area contributed by atoms with E-state index in [4.69, 9.17) is 10.00 Å². The van der Waals surface area contributed by atoms with Crippen molar-refractivity contribution < 1.29 is 9.53 Å². The number of rotatable bonds is 4. The SMILES string of the molecule is CC1(C)[C@H](NC(=O)c2cnccn2)C(C)(C)[C@H]1Oc1ccc(C#N)c(Br)c1. The Morgan fingerprint density at radius 1 is 1.26 bits per heavy atom. The molecule has 1 aromatic carbocycles. The molecule has 0 aliphatic heterocycles. The fourth-order valence-corrected chi connectivity index (χ4v) is 4.66. The van der Waals surface area contributed by atoms with Crippen LogP contribution < -0.4 is 10.1 Å². The molecular weight excluding hydrogens is 408 g/mol. The van der Waals surface area contributed by atoms with Crippen LogP contribution in [0.4, 0.5) is 0 Å². The largest absolute Gasteiger partial charge is 0.489 e. The molecule has 1 amide bonds. The first-order chi connectivity index (χ1) is 12.7. The van der Waals surface area contributed by atoms with Gasteiger partial charge in [-0.1, -0.05) is 27.7 Å². The maximum atomic E-state index is 12.5. The van der Waals surface area contributed by atoms with Crippen molar-refractivity contribution in [1.82, 2.24) is 15.3 Å². The third-order valence-electron chi connectivity index (χ3n) is 5.23. The molecular formula is C20H21BrN4O2. The van der Waals surface area contributed by atoms with Crippen LogP contribution in [0, 0.1) is 22.2 Å². The van der Waals surface area contributed by atoms with Crippen molar-refractivity contribution in [3.63, 3.8) is 0 Å². The second kappa shape index (κ2) is 6.93. The molecule has 0 saturated heterocycles. The van der Waals surface area contributed by atoms with E-state index in [1.54, 1.807) is 18.2 Å². The lowest BCUT2D eigenvalue weighted by atomic mass is 9.49. The number of amides is 1. The van der Waals surface area contributed by atoms with E-state index in [0.717, 1.165) is 0 Å². The Kier molecular flexibility index (Phi) is 4.96. The summed E-state index contributed by atoms with van der Waals surface area (Å²) < 4.78 is 6.96. The number of aromatic nitrogens is 2. The van der Waals surface area contributed by atoms with Crippen LogP contribution in [0.25, 0.3) is 0 Å². The van der Waals surface area contributed by atoms with Crippen LogP contribution in [-0.2, 0) is 0 Å². The highest BCUT2D eigenvalue weighted by atomic mass is 79.9. The van der Waals surface area contributed by atoms with Gasteiger partial charge in [-0.15, -0.1) is 0 Å². The van der Waals surface area contributed by atoms with Crippen LogP contribution in [0.5, 0.6) is 5.75 Å². The van der Waals surface area contributed by atoms with E-state index in [1.807, 2.05) is 0 Å². The molecule has 0 bridgehead atoms. The van der Waals surface area contributed by atoms with Gasteiger partial charge in [0, 0.05) is 33.7 Å². The van der Waals surface area contributed by atoms with Gasteiger partial charge in [0.25, 0.3) is 5.91 Å². The Morgan fingerprint density at radius 2 is 1.96 bits per heavy atom. The molecule has 7 heteroatoms. The molecule has 1 N–H and O–H groups in total. The van der Waals surface area contributed by atoms with Gasteiger partial charge in [-0.05, 0) is 34.1 Å². The van der Waals surface area contributed by atoms with Gasteiger partial charge in [-0.3, -0.25) is 9.78 Å². The van der Waals surface area contributed by atoms with Crippen molar-refractivity contribution in [2.45, 2.75) is 39.8 Å².